The van der Waals surface area contributed by atoms with E-state index >= 15 is 0 Å². The topological polar surface area (TPSA) is 55.8 Å². The van der Waals surface area contributed by atoms with Gasteiger partial charge in [0, 0.05) is 11.1 Å². The molecule has 1 aromatic carbocycles. The fourth-order valence-corrected chi connectivity index (χ4v) is 3.04. The average molecular weight is 276 g/mol. The molecule has 0 bridgehead atoms. The van der Waals surface area contributed by atoms with Crippen LogP contribution >= 0.6 is 0 Å². The monoisotopic (exact) mass is 276 g/mol. The minimum atomic E-state index is -0.760. The highest BCUT2D eigenvalue weighted by molar-refractivity contribution is 5.70. The molecule has 1 unspecified atom stereocenters. The summed E-state index contributed by atoms with van der Waals surface area (Å²) in [6.45, 7) is 3.22. The van der Waals surface area contributed by atoms with Gasteiger partial charge in [-0.3, -0.25) is 4.79 Å². The van der Waals surface area contributed by atoms with E-state index in [9.17, 15) is 9.90 Å². The van der Waals surface area contributed by atoms with Gasteiger partial charge in [-0.05, 0) is 43.7 Å². The summed E-state index contributed by atoms with van der Waals surface area (Å²) in [5.41, 5.74) is 3.39. The lowest BCUT2D eigenvalue weighted by Gasteiger charge is -2.28. The summed E-state index contributed by atoms with van der Waals surface area (Å²) < 4.78 is 11.6. The lowest BCUT2D eigenvalue weighted by molar-refractivity contribution is -0.141. The molecule has 0 saturated heterocycles. The Kier molecular flexibility index (Phi) is 3.55. The van der Waals surface area contributed by atoms with Crippen molar-refractivity contribution in [1.29, 1.82) is 0 Å². The standard InChI is InChI=1S/C16H20O4/c1-10(16(17)18)8-13-12-5-3-6-19-14(12)9-11-4-2-7-20-15(11)13/h9-10H,2-8H2,1H3,(H,17,18). The van der Waals surface area contributed by atoms with Crippen LogP contribution in [0.2, 0.25) is 0 Å². The normalized spacial score (nSPS) is 18.2. The summed E-state index contributed by atoms with van der Waals surface area (Å²) in [4.78, 5) is 11.2. The molecule has 0 aromatic heterocycles. The van der Waals surface area contributed by atoms with Crippen LogP contribution in [0.15, 0.2) is 6.07 Å². The Hall–Kier alpha value is -1.71. The molecule has 2 aliphatic heterocycles. The summed E-state index contributed by atoms with van der Waals surface area (Å²) in [6, 6.07) is 2.10. The summed E-state index contributed by atoms with van der Waals surface area (Å²) in [7, 11) is 0. The van der Waals surface area contributed by atoms with Crippen LogP contribution < -0.4 is 9.47 Å². The molecule has 0 amide bonds. The molecule has 20 heavy (non-hydrogen) atoms. The van der Waals surface area contributed by atoms with Crippen molar-refractivity contribution in [3.63, 3.8) is 0 Å². The quantitative estimate of drug-likeness (QED) is 0.922. The fourth-order valence-electron chi connectivity index (χ4n) is 3.04. The second-order valence-corrected chi connectivity index (χ2v) is 5.67. The van der Waals surface area contributed by atoms with E-state index in [1.54, 1.807) is 6.92 Å². The summed E-state index contributed by atoms with van der Waals surface area (Å²) in [5.74, 6) is 0.698. The highest BCUT2D eigenvalue weighted by Crippen LogP contribution is 2.40. The van der Waals surface area contributed by atoms with Crippen molar-refractivity contribution in [1.82, 2.24) is 0 Å². The third kappa shape index (κ3) is 2.35. The zero-order chi connectivity index (χ0) is 14.1. The number of benzene rings is 1. The SMILES string of the molecule is CC(Cc1c2c(cc3c1OCCC3)OCCC2)C(=O)O. The van der Waals surface area contributed by atoms with E-state index in [0.29, 0.717) is 6.42 Å². The number of carboxylic acids is 1. The zero-order valence-electron chi connectivity index (χ0n) is 11.8. The van der Waals surface area contributed by atoms with Crippen LogP contribution in [-0.4, -0.2) is 24.3 Å². The minimum Gasteiger partial charge on any atom is -0.493 e. The molecule has 1 aromatic rings. The van der Waals surface area contributed by atoms with Gasteiger partial charge in [0.2, 0.25) is 0 Å². The molecule has 0 fully saturated rings. The van der Waals surface area contributed by atoms with Gasteiger partial charge in [-0.25, -0.2) is 0 Å². The van der Waals surface area contributed by atoms with Crippen molar-refractivity contribution < 1.29 is 19.4 Å². The third-order valence-corrected chi connectivity index (χ3v) is 4.13. The first-order valence-corrected chi connectivity index (χ1v) is 7.33. The summed E-state index contributed by atoms with van der Waals surface area (Å²) in [5, 5.41) is 9.18. The van der Waals surface area contributed by atoms with Gasteiger partial charge in [0.15, 0.2) is 0 Å². The maximum atomic E-state index is 11.2. The summed E-state index contributed by atoms with van der Waals surface area (Å²) >= 11 is 0. The van der Waals surface area contributed by atoms with Gasteiger partial charge in [0.25, 0.3) is 0 Å². The van der Waals surface area contributed by atoms with Crippen molar-refractivity contribution in [2.45, 2.75) is 39.0 Å². The Morgan fingerprint density at radius 3 is 2.85 bits per heavy atom. The second-order valence-electron chi connectivity index (χ2n) is 5.67. The number of ether oxygens (including phenoxy) is 2. The van der Waals surface area contributed by atoms with Gasteiger partial charge < -0.3 is 14.6 Å². The molecule has 1 atom stereocenters. The first-order valence-electron chi connectivity index (χ1n) is 7.33. The van der Waals surface area contributed by atoms with E-state index in [2.05, 4.69) is 6.07 Å². The van der Waals surface area contributed by atoms with Crippen LogP contribution in [0.1, 0.15) is 36.5 Å². The Balaban J connectivity index is 2.06. The summed E-state index contributed by atoms with van der Waals surface area (Å²) in [6.07, 6.45) is 4.46. The molecule has 0 aliphatic carbocycles. The van der Waals surface area contributed by atoms with Crippen molar-refractivity contribution in [2.75, 3.05) is 13.2 Å². The first-order chi connectivity index (χ1) is 9.66. The van der Waals surface area contributed by atoms with E-state index < -0.39 is 11.9 Å². The minimum absolute atomic E-state index is 0.405. The van der Waals surface area contributed by atoms with E-state index in [1.165, 1.54) is 5.56 Å². The van der Waals surface area contributed by atoms with Gasteiger partial charge in [0.05, 0.1) is 19.1 Å². The molecular formula is C16H20O4. The van der Waals surface area contributed by atoms with Crippen LogP contribution in [0.3, 0.4) is 0 Å². The van der Waals surface area contributed by atoms with Gasteiger partial charge in [-0.2, -0.15) is 0 Å². The third-order valence-electron chi connectivity index (χ3n) is 4.13. The fraction of sp³-hybridized carbons (Fsp3) is 0.562. The van der Waals surface area contributed by atoms with E-state index in [0.717, 1.165) is 61.5 Å². The van der Waals surface area contributed by atoms with Crippen LogP contribution in [-0.2, 0) is 24.1 Å². The second kappa shape index (κ2) is 5.35. The van der Waals surface area contributed by atoms with Crippen molar-refractivity contribution >= 4 is 5.97 Å². The van der Waals surface area contributed by atoms with Gasteiger partial charge in [0.1, 0.15) is 11.5 Å². The molecule has 2 aliphatic rings. The number of fused-ring (bicyclic) bond motifs is 2. The van der Waals surface area contributed by atoms with Gasteiger partial charge in [-0.15, -0.1) is 0 Å². The van der Waals surface area contributed by atoms with Crippen LogP contribution in [0.4, 0.5) is 0 Å². The van der Waals surface area contributed by atoms with Crippen molar-refractivity contribution in [2.24, 2.45) is 5.92 Å². The molecule has 108 valence electrons. The van der Waals surface area contributed by atoms with E-state index in [-0.39, 0.29) is 0 Å². The molecule has 4 heteroatoms. The molecule has 0 spiro atoms. The molecule has 3 rings (SSSR count). The van der Waals surface area contributed by atoms with E-state index in [1.807, 2.05) is 0 Å². The molecule has 2 heterocycles. The largest absolute Gasteiger partial charge is 0.493 e. The number of aryl methyl sites for hydroxylation is 1. The van der Waals surface area contributed by atoms with Gasteiger partial charge >= 0.3 is 5.97 Å². The maximum absolute atomic E-state index is 11.2. The van der Waals surface area contributed by atoms with Crippen molar-refractivity contribution in [3.8, 4) is 11.5 Å². The molecule has 0 radical (unpaired) electrons. The zero-order valence-corrected chi connectivity index (χ0v) is 11.8. The Morgan fingerprint density at radius 1 is 1.30 bits per heavy atom. The van der Waals surface area contributed by atoms with Crippen LogP contribution in [0, 0.1) is 5.92 Å². The number of aliphatic carboxylic acids is 1. The molecule has 4 nitrogen and oxygen atoms in total. The molecule has 0 saturated carbocycles. The average Bonchev–Trinajstić information content (AvgIpc) is 2.46. The van der Waals surface area contributed by atoms with Crippen LogP contribution in [0.5, 0.6) is 11.5 Å². The predicted molar refractivity (Wildman–Crippen MR) is 74.6 cm³/mol. The smallest absolute Gasteiger partial charge is 0.306 e. The van der Waals surface area contributed by atoms with Gasteiger partial charge in [-0.1, -0.05) is 6.92 Å². The molecular weight excluding hydrogens is 256 g/mol. The maximum Gasteiger partial charge on any atom is 0.306 e. The number of carbonyl (C=O) groups is 1. The number of hydrogen-bond donors (Lipinski definition) is 1. The van der Waals surface area contributed by atoms with E-state index in [4.69, 9.17) is 9.47 Å². The highest BCUT2D eigenvalue weighted by Gasteiger charge is 2.26. The number of hydrogen-bond acceptors (Lipinski definition) is 3. The highest BCUT2D eigenvalue weighted by atomic mass is 16.5. The Labute approximate surface area is 118 Å². The predicted octanol–water partition coefficient (Wildman–Crippen LogP) is 2.60. The van der Waals surface area contributed by atoms with Crippen molar-refractivity contribution in [3.05, 3.63) is 22.8 Å². The molecule has 1 N–H and O–H groups in total. The number of rotatable bonds is 3. The lowest BCUT2D eigenvalue weighted by Crippen LogP contribution is -2.20. The Bertz CT molecular complexity index is 502. The van der Waals surface area contributed by atoms with Crippen LogP contribution in [0.25, 0.3) is 0 Å². The Morgan fingerprint density at radius 2 is 2.05 bits per heavy atom. The lowest BCUT2D eigenvalue weighted by atomic mass is 9.88. The number of carboxylic acid groups (broad SMARTS) is 1. The first kappa shape index (κ1) is 13.3.